The van der Waals surface area contributed by atoms with E-state index >= 15 is 0 Å². The first kappa shape index (κ1) is 16.8. The lowest BCUT2D eigenvalue weighted by atomic mass is 9.66. The van der Waals surface area contributed by atoms with Gasteiger partial charge < -0.3 is 20.5 Å². The Bertz CT molecular complexity index is 316. The van der Waals surface area contributed by atoms with Crippen LogP contribution < -0.4 is 10.6 Å². The fourth-order valence-corrected chi connectivity index (χ4v) is 2.37. The zero-order valence-electron chi connectivity index (χ0n) is 12.2. The van der Waals surface area contributed by atoms with Gasteiger partial charge >= 0.3 is 12.0 Å². The van der Waals surface area contributed by atoms with E-state index < -0.39 is 5.97 Å². The highest BCUT2D eigenvalue weighted by molar-refractivity contribution is 5.74. The lowest BCUT2D eigenvalue weighted by Crippen LogP contribution is -2.46. The molecule has 6 heteroatoms. The summed E-state index contributed by atoms with van der Waals surface area (Å²) in [7, 11) is 0. The van der Waals surface area contributed by atoms with Crippen LogP contribution in [0.2, 0.25) is 0 Å². The molecule has 116 valence electrons. The van der Waals surface area contributed by atoms with E-state index in [1.54, 1.807) is 0 Å². The minimum absolute atomic E-state index is 0.137. The molecule has 20 heavy (non-hydrogen) atoms. The molecular formula is C14H26N2O4. The van der Waals surface area contributed by atoms with Gasteiger partial charge in [0.05, 0.1) is 6.42 Å². The van der Waals surface area contributed by atoms with Crippen LogP contribution in [0.5, 0.6) is 0 Å². The van der Waals surface area contributed by atoms with Crippen molar-refractivity contribution in [2.45, 2.75) is 45.4 Å². The number of carbonyl (C=O) groups is 2. The first-order chi connectivity index (χ1) is 9.58. The Labute approximate surface area is 120 Å². The summed E-state index contributed by atoms with van der Waals surface area (Å²) in [6.07, 6.45) is 4.73. The predicted molar refractivity (Wildman–Crippen MR) is 75.7 cm³/mol. The molecule has 0 aromatic carbocycles. The molecule has 1 rings (SSSR count). The average molecular weight is 286 g/mol. The fraction of sp³-hybridized carbons (Fsp3) is 0.857. The van der Waals surface area contributed by atoms with Crippen LogP contribution in [-0.4, -0.2) is 43.4 Å². The maximum atomic E-state index is 11.6. The summed E-state index contributed by atoms with van der Waals surface area (Å²) in [5, 5.41) is 14.4. The molecule has 0 radical (unpaired) electrons. The van der Waals surface area contributed by atoms with Crippen LogP contribution in [0.25, 0.3) is 0 Å². The molecule has 0 atom stereocenters. The second-order valence-electron chi connectivity index (χ2n) is 5.50. The molecule has 1 aliphatic rings. The van der Waals surface area contributed by atoms with Gasteiger partial charge in [-0.1, -0.05) is 13.3 Å². The van der Waals surface area contributed by atoms with E-state index in [-0.39, 0.29) is 17.9 Å². The number of rotatable bonds is 10. The van der Waals surface area contributed by atoms with Crippen molar-refractivity contribution >= 4 is 12.0 Å². The summed E-state index contributed by atoms with van der Waals surface area (Å²) in [6.45, 7) is 4.47. The Hall–Kier alpha value is -1.30. The molecule has 1 aliphatic carbocycles. The van der Waals surface area contributed by atoms with Crippen molar-refractivity contribution in [2.24, 2.45) is 5.41 Å². The minimum atomic E-state index is -0.792. The number of carboxylic acids is 1. The summed E-state index contributed by atoms with van der Waals surface area (Å²) < 4.78 is 5.31. The van der Waals surface area contributed by atoms with Gasteiger partial charge in [0, 0.05) is 26.3 Å². The number of carbonyl (C=O) groups excluding carboxylic acids is 1. The Morgan fingerprint density at radius 2 is 2.00 bits per heavy atom. The van der Waals surface area contributed by atoms with Crippen molar-refractivity contribution in [3.05, 3.63) is 0 Å². The Kier molecular flexibility index (Phi) is 7.36. The van der Waals surface area contributed by atoms with E-state index in [0.29, 0.717) is 19.7 Å². The van der Waals surface area contributed by atoms with Gasteiger partial charge in [-0.3, -0.25) is 4.79 Å². The van der Waals surface area contributed by atoms with Crippen molar-refractivity contribution in [2.75, 3.05) is 26.3 Å². The van der Waals surface area contributed by atoms with E-state index in [4.69, 9.17) is 9.84 Å². The Morgan fingerprint density at radius 1 is 1.25 bits per heavy atom. The van der Waals surface area contributed by atoms with Crippen LogP contribution in [0.3, 0.4) is 0 Å². The second kappa shape index (κ2) is 8.79. The molecule has 0 aromatic rings. The first-order valence-corrected chi connectivity index (χ1v) is 7.39. The van der Waals surface area contributed by atoms with Gasteiger partial charge in [0.2, 0.25) is 0 Å². The van der Waals surface area contributed by atoms with Gasteiger partial charge in [0.1, 0.15) is 0 Å². The van der Waals surface area contributed by atoms with Crippen LogP contribution >= 0.6 is 0 Å². The largest absolute Gasteiger partial charge is 0.481 e. The number of aliphatic carboxylic acids is 1. The van der Waals surface area contributed by atoms with Crippen LogP contribution in [0.1, 0.15) is 45.4 Å². The van der Waals surface area contributed by atoms with Gasteiger partial charge in [-0.05, 0) is 31.1 Å². The summed E-state index contributed by atoms with van der Waals surface area (Å²) >= 11 is 0. The zero-order chi connectivity index (χ0) is 14.8. The minimum Gasteiger partial charge on any atom is -0.481 e. The summed E-state index contributed by atoms with van der Waals surface area (Å²) in [5.41, 5.74) is -0.229. The number of hydrogen-bond acceptors (Lipinski definition) is 3. The smallest absolute Gasteiger partial charge is 0.314 e. The third-order valence-corrected chi connectivity index (χ3v) is 3.66. The Morgan fingerprint density at radius 3 is 2.55 bits per heavy atom. The van der Waals surface area contributed by atoms with Gasteiger partial charge in [0.15, 0.2) is 0 Å². The summed E-state index contributed by atoms with van der Waals surface area (Å²) in [5.74, 6) is -0.792. The topological polar surface area (TPSA) is 87.7 Å². The third-order valence-electron chi connectivity index (χ3n) is 3.66. The third kappa shape index (κ3) is 6.23. The predicted octanol–water partition coefficient (Wildman–Crippen LogP) is 1.75. The van der Waals surface area contributed by atoms with Crippen LogP contribution in [0, 0.1) is 5.41 Å². The van der Waals surface area contributed by atoms with Crippen molar-refractivity contribution < 1.29 is 19.4 Å². The van der Waals surface area contributed by atoms with E-state index in [1.807, 2.05) is 0 Å². The van der Waals surface area contributed by atoms with Crippen molar-refractivity contribution in [3.63, 3.8) is 0 Å². The normalized spacial score (nSPS) is 16.2. The number of hydrogen-bond donors (Lipinski definition) is 3. The monoisotopic (exact) mass is 286 g/mol. The standard InChI is InChI=1S/C14H26N2O4/c1-2-8-20-9-4-7-15-13(19)16-11-14(5-3-6-14)10-12(17)18/h2-11H2,1H3,(H,17,18)(H2,15,16,19). The number of amides is 2. The molecule has 2 amide bonds. The molecule has 3 N–H and O–H groups in total. The SMILES string of the molecule is CCCOCCCNC(=O)NCC1(CC(=O)O)CCC1. The second-order valence-corrected chi connectivity index (χ2v) is 5.50. The average Bonchev–Trinajstić information content (AvgIpc) is 2.36. The fourth-order valence-electron chi connectivity index (χ4n) is 2.37. The maximum absolute atomic E-state index is 11.6. The molecule has 0 aliphatic heterocycles. The van der Waals surface area contributed by atoms with Crippen LogP contribution in [0.15, 0.2) is 0 Å². The highest BCUT2D eigenvalue weighted by Crippen LogP contribution is 2.43. The quantitative estimate of drug-likeness (QED) is 0.534. The molecule has 1 fully saturated rings. The molecular weight excluding hydrogens is 260 g/mol. The highest BCUT2D eigenvalue weighted by Gasteiger charge is 2.39. The maximum Gasteiger partial charge on any atom is 0.314 e. The van der Waals surface area contributed by atoms with Crippen molar-refractivity contribution in [1.29, 1.82) is 0 Å². The van der Waals surface area contributed by atoms with E-state index in [0.717, 1.165) is 38.7 Å². The molecule has 1 saturated carbocycles. The van der Waals surface area contributed by atoms with Gasteiger partial charge in [-0.25, -0.2) is 4.79 Å². The van der Waals surface area contributed by atoms with Crippen LogP contribution in [-0.2, 0) is 9.53 Å². The van der Waals surface area contributed by atoms with Crippen molar-refractivity contribution in [1.82, 2.24) is 10.6 Å². The molecule has 6 nitrogen and oxygen atoms in total. The van der Waals surface area contributed by atoms with Gasteiger partial charge in [0.25, 0.3) is 0 Å². The molecule has 0 unspecified atom stereocenters. The summed E-state index contributed by atoms with van der Waals surface area (Å²) in [6, 6.07) is -0.225. The molecule has 0 spiro atoms. The van der Waals surface area contributed by atoms with E-state index in [2.05, 4.69) is 17.6 Å². The lowest BCUT2D eigenvalue weighted by Gasteiger charge is -2.40. The molecule has 0 aromatic heterocycles. The summed E-state index contributed by atoms with van der Waals surface area (Å²) in [4.78, 5) is 22.4. The first-order valence-electron chi connectivity index (χ1n) is 7.39. The molecule has 0 heterocycles. The number of urea groups is 1. The van der Waals surface area contributed by atoms with Gasteiger partial charge in [-0.2, -0.15) is 0 Å². The number of carboxylic acid groups (broad SMARTS) is 1. The van der Waals surface area contributed by atoms with Crippen molar-refractivity contribution in [3.8, 4) is 0 Å². The number of ether oxygens (including phenoxy) is 1. The molecule has 0 saturated heterocycles. The van der Waals surface area contributed by atoms with Crippen LogP contribution in [0.4, 0.5) is 4.79 Å². The van der Waals surface area contributed by atoms with Gasteiger partial charge in [-0.15, -0.1) is 0 Å². The zero-order valence-corrected chi connectivity index (χ0v) is 12.2. The van der Waals surface area contributed by atoms with E-state index in [9.17, 15) is 9.59 Å². The number of nitrogens with one attached hydrogen (secondary N) is 2. The Balaban J connectivity index is 2.08. The highest BCUT2D eigenvalue weighted by atomic mass is 16.5. The molecule has 0 bridgehead atoms. The lowest BCUT2D eigenvalue weighted by molar-refractivity contribution is -0.141. The van der Waals surface area contributed by atoms with E-state index in [1.165, 1.54) is 0 Å².